The Kier molecular flexibility index (Phi) is 7.69. The standard InChI is InChI=1S/C22H24N2O7S2/c1-13(11-25)30-17-8-15(21(27)24-22-23-20(12-32-22)14(2)26)9-18(10-17)31-16-4-6-19(7-5-16)33(3,28)29/h4-10,12-14,25-26H,11H2,1-3H3,(H,23,24,27)/t13-,14+/m0/s1. The van der Waals surface area contributed by atoms with Crippen molar-refractivity contribution in [1.82, 2.24) is 4.98 Å². The molecule has 0 radical (unpaired) electrons. The van der Waals surface area contributed by atoms with Crippen molar-refractivity contribution >= 4 is 32.2 Å². The van der Waals surface area contributed by atoms with E-state index in [1.54, 1.807) is 25.3 Å². The number of anilines is 1. The summed E-state index contributed by atoms with van der Waals surface area (Å²) in [6.45, 7) is 3.03. The van der Waals surface area contributed by atoms with Gasteiger partial charge in [0.15, 0.2) is 15.0 Å². The van der Waals surface area contributed by atoms with Gasteiger partial charge in [-0.2, -0.15) is 0 Å². The van der Waals surface area contributed by atoms with Crippen LogP contribution in [-0.2, 0) is 9.84 Å². The van der Waals surface area contributed by atoms with Crippen molar-refractivity contribution in [2.45, 2.75) is 31.0 Å². The Balaban J connectivity index is 1.87. The maximum atomic E-state index is 12.8. The summed E-state index contributed by atoms with van der Waals surface area (Å²) in [6, 6.07) is 10.4. The number of aliphatic hydroxyl groups excluding tert-OH is 2. The van der Waals surface area contributed by atoms with Crippen LogP contribution in [0.3, 0.4) is 0 Å². The first-order valence-corrected chi connectivity index (χ1v) is 12.7. The molecule has 11 heteroatoms. The molecule has 0 saturated carbocycles. The number of carbonyl (C=O) groups excluding carboxylic acids is 1. The number of amides is 1. The fourth-order valence-corrected chi connectivity index (χ4v) is 4.12. The van der Waals surface area contributed by atoms with E-state index in [0.29, 0.717) is 22.3 Å². The van der Waals surface area contributed by atoms with E-state index >= 15 is 0 Å². The Morgan fingerprint density at radius 2 is 1.79 bits per heavy atom. The molecular weight excluding hydrogens is 468 g/mol. The molecule has 3 N–H and O–H groups in total. The molecule has 2 aromatic carbocycles. The second-order valence-electron chi connectivity index (χ2n) is 7.36. The topological polar surface area (TPSA) is 135 Å². The summed E-state index contributed by atoms with van der Waals surface area (Å²) in [6.07, 6.45) is -0.154. The fourth-order valence-electron chi connectivity index (χ4n) is 2.70. The number of nitrogens with zero attached hydrogens (tertiary/aromatic N) is 1. The zero-order valence-corrected chi connectivity index (χ0v) is 19.8. The van der Waals surface area contributed by atoms with Crippen LogP contribution in [0.15, 0.2) is 52.7 Å². The molecule has 0 aliphatic heterocycles. The van der Waals surface area contributed by atoms with Gasteiger partial charge in [-0.1, -0.05) is 0 Å². The molecule has 3 rings (SSSR count). The molecule has 1 amide bonds. The minimum atomic E-state index is -3.34. The first-order chi connectivity index (χ1) is 15.5. The van der Waals surface area contributed by atoms with Gasteiger partial charge in [-0.3, -0.25) is 10.1 Å². The van der Waals surface area contributed by atoms with Gasteiger partial charge in [0.2, 0.25) is 0 Å². The van der Waals surface area contributed by atoms with Crippen LogP contribution in [-0.4, -0.2) is 48.5 Å². The molecule has 1 aromatic heterocycles. The zero-order valence-electron chi connectivity index (χ0n) is 18.2. The summed E-state index contributed by atoms with van der Waals surface area (Å²) >= 11 is 1.18. The average Bonchev–Trinajstić information content (AvgIpc) is 3.22. The number of thiazole rings is 1. The fraction of sp³-hybridized carbons (Fsp3) is 0.273. The Morgan fingerprint density at radius 3 is 2.36 bits per heavy atom. The van der Waals surface area contributed by atoms with Gasteiger partial charge in [0, 0.05) is 23.3 Å². The van der Waals surface area contributed by atoms with Crippen LogP contribution >= 0.6 is 11.3 Å². The normalized spacial score (nSPS) is 13.2. The summed E-state index contributed by atoms with van der Waals surface area (Å²) < 4.78 is 34.8. The van der Waals surface area contributed by atoms with Crippen LogP contribution in [0, 0.1) is 0 Å². The average molecular weight is 493 g/mol. The summed E-state index contributed by atoms with van der Waals surface area (Å²) in [5.74, 6) is 0.470. The Bertz CT molecular complexity index is 1220. The lowest BCUT2D eigenvalue weighted by atomic mass is 10.2. The quantitative estimate of drug-likeness (QED) is 0.414. The van der Waals surface area contributed by atoms with Gasteiger partial charge in [0.05, 0.1) is 23.3 Å². The highest BCUT2D eigenvalue weighted by Gasteiger charge is 2.16. The number of sulfone groups is 1. The second-order valence-corrected chi connectivity index (χ2v) is 10.2. The van der Waals surface area contributed by atoms with E-state index in [2.05, 4.69) is 10.3 Å². The van der Waals surface area contributed by atoms with Gasteiger partial charge < -0.3 is 19.7 Å². The first kappa shape index (κ1) is 24.6. The molecule has 3 aromatic rings. The molecule has 0 unspecified atom stereocenters. The van der Waals surface area contributed by atoms with Crippen molar-refractivity contribution in [1.29, 1.82) is 0 Å². The van der Waals surface area contributed by atoms with Crippen molar-refractivity contribution < 1.29 is 32.9 Å². The minimum Gasteiger partial charge on any atom is -0.488 e. The van der Waals surface area contributed by atoms with Crippen molar-refractivity contribution in [2.24, 2.45) is 0 Å². The van der Waals surface area contributed by atoms with E-state index in [1.807, 2.05) is 0 Å². The summed E-state index contributed by atoms with van der Waals surface area (Å²) in [7, 11) is -3.34. The number of nitrogens with one attached hydrogen (secondary N) is 1. The van der Waals surface area contributed by atoms with E-state index in [0.717, 1.165) is 6.26 Å². The number of aliphatic hydroxyl groups is 2. The first-order valence-electron chi connectivity index (χ1n) is 9.90. The number of rotatable bonds is 9. The molecule has 33 heavy (non-hydrogen) atoms. The number of aromatic nitrogens is 1. The third-order valence-corrected chi connectivity index (χ3v) is 6.30. The smallest absolute Gasteiger partial charge is 0.257 e. The van der Waals surface area contributed by atoms with E-state index < -0.39 is 28.0 Å². The van der Waals surface area contributed by atoms with Crippen LogP contribution < -0.4 is 14.8 Å². The molecule has 0 saturated heterocycles. The van der Waals surface area contributed by atoms with Crippen LogP contribution in [0.1, 0.15) is 36.0 Å². The monoisotopic (exact) mass is 492 g/mol. The van der Waals surface area contributed by atoms with Crippen LogP contribution in [0.2, 0.25) is 0 Å². The Hall–Kier alpha value is -2.99. The molecule has 2 atom stereocenters. The minimum absolute atomic E-state index is 0.156. The zero-order chi connectivity index (χ0) is 24.2. The highest BCUT2D eigenvalue weighted by atomic mass is 32.2. The third-order valence-electron chi connectivity index (χ3n) is 4.39. The van der Waals surface area contributed by atoms with Gasteiger partial charge in [-0.15, -0.1) is 11.3 Å². The molecule has 9 nitrogen and oxygen atoms in total. The number of hydrogen-bond acceptors (Lipinski definition) is 9. The molecule has 0 bridgehead atoms. The Labute approximate surface area is 195 Å². The second kappa shape index (κ2) is 10.3. The maximum absolute atomic E-state index is 12.8. The summed E-state index contributed by atoms with van der Waals surface area (Å²) in [5.41, 5.74) is 0.667. The van der Waals surface area contributed by atoms with Gasteiger partial charge in [0.1, 0.15) is 23.4 Å². The lowest BCUT2D eigenvalue weighted by Crippen LogP contribution is -2.17. The number of carbonyl (C=O) groups is 1. The molecule has 1 heterocycles. The van der Waals surface area contributed by atoms with E-state index in [9.17, 15) is 23.4 Å². The lowest BCUT2D eigenvalue weighted by molar-refractivity contribution is 0.102. The summed E-state index contributed by atoms with van der Waals surface area (Å²) in [5, 5.41) is 23.6. The van der Waals surface area contributed by atoms with Crippen molar-refractivity contribution in [3.05, 3.63) is 59.1 Å². The lowest BCUT2D eigenvalue weighted by Gasteiger charge is -2.15. The van der Waals surface area contributed by atoms with E-state index in [1.165, 1.54) is 47.7 Å². The van der Waals surface area contributed by atoms with E-state index in [4.69, 9.17) is 9.47 Å². The molecule has 0 aliphatic carbocycles. The maximum Gasteiger partial charge on any atom is 0.257 e. The van der Waals surface area contributed by atoms with Crippen molar-refractivity contribution in [3.63, 3.8) is 0 Å². The number of hydrogen-bond donors (Lipinski definition) is 3. The number of ether oxygens (including phenoxy) is 2. The van der Waals surface area contributed by atoms with Crippen LogP contribution in [0.25, 0.3) is 0 Å². The number of benzene rings is 2. The van der Waals surface area contributed by atoms with Crippen LogP contribution in [0.4, 0.5) is 5.13 Å². The highest BCUT2D eigenvalue weighted by molar-refractivity contribution is 7.90. The highest BCUT2D eigenvalue weighted by Crippen LogP contribution is 2.30. The molecule has 0 aliphatic rings. The van der Waals surface area contributed by atoms with E-state index in [-0.39, 0.29) is 22.8 Å². The van der Waals surface area contributed by atoms with Gasteiger partial charge in [-0.05, 0) is 50.2 Å². The van der Waals surface area contributed by atoms with Gasteiger partial charge >= 0.3 is 0 Å². The third kappa shape index (κ3) is 6.75. The SMILES string of the molecule is C[C@@H](CO)Oc1cc(Oc2ccc(S(C)(=O)=O)cc2)cc(C(=O)Nc2nc([C@@H](C)O)cs2)c1. The molecule has 176 valence electrons. The molecule has 0 spiro atoms. The van der Waals surface area contributed by atoms with Gasteiger partial charge in [-0.25, -0.2) is 13.4 Å². The molecular formula is C22H24N2O7S2. The van der Waals surface area contributed by atoms with Gasteiger partial charge in [0.25, 0.3) is 5.91 Å². The largest absolute Gasteiger partial charge is 0.488 e. The summed E-state index contributed by atoms with van der Waals surface area (Å²) in [4.78, 5) is 17.2. The molecule has 0 fully saturated rings. The van der Waals surface area contributed by atoms with Crippen LogP contribution in [0.5, 0.6) is 17.2 Å². The van der Waals surface area contributed by atoms with Crippen molar-refractivity contribution in [2.75, 3.05) is 18.2 Å². The predicted octanol–water partition coefficient (Wildman–Crippen LogP) is 3.40. The Morgan fingerprint density at radius 1 is 1.12 bits per heavy atom. The predicted molar refractivity (Wildman–Crippen MR) is 124 cm³/mol. The van der Waals surface area contributed by atoms with Crippen molar-refractivity contribution in [3.8, 4) is 17.2 Å².